The van der Waals surface area contributed by atoms with Crippen molar-refractivity contribution in [3.63, 3.8) is 0 Å². The molecule has 0 saturated heterocycles. The number of hydrogen-bond acceptors (Lipinski definition) is 4. The summed E-state index contributed by atoms with van der Waals surface area (Å²) >= 11 is 6.10. The van der Waals surface area contributed by atoms with Gasteiger partial charge in [0, 0.05) is 41.9 Å². The van der Waals surface area contributed by atoms with Crippen LogP contribution in [0.3, 0.4) is 0 Å². The number of amides is 1. The molecule has 1 N–H and O–H groups in total. The van der Waals surface area contributed by atoms with Crippen LogP contribution in [0.2, 0.25) is 5.02 Å². The second-order valence-corrected chi connectivity index (χ2v) is 8.18. The smallest absolute Gasteiger partial charge is 0.287 e. The Labute approximate surface area is 175 Å². The normalized spacial score (nSPS) is 12.7. The Morgan fingerprint density at radius 3 is 2.93 bits per heavy atom. The van der Waals surface area contributed by atoms with Gasteiger partial charge in [0.15, 0.2) is 5.76 Å². The van der Waals surface area contributed by atoms with Crippen LogP contribution in [0.4, 0.5) is 0 Å². The summed E-state index contributed by atoms with van der Waals surface area (Å²) in [6.07, 6.45) is 3.71. The van der Waals surface area contributed by atoms with Gasteiger partial charge in [0.25, 0.3) is 5.91 Å². The zero-order valence-corrected chi connectivity index (χ0v) is 17.7. The van der Waals surface area contributed by atoms with Crippen molar-refractivity contribution >= 4 is 17.5 Å². The number of carbonyl (C=O) groups is 1. The fraction of sp³-hybridized carbons (Fsp3) is 0.364. The first-order chi connectivity index (χ1) is 13.9. The molecule has 1 aliphatic carbocycles. The molecule has 1 aromatic carbocycles. The average molecular weight is 413 g/mol. The van der Waals surface area contributed by atoms with Gasteiger partial charge >= 0.3 is 0 Å². The van der Waals surface area contributed by atoms with Crippen LogP contribution in [0.1, 0.15) is 33.0 Å². The standard InChI is InChI=1S/C22H25ClN4O2/c1-14-19-18(29-21(14)22(28)24-9-10-26(2)3)8-7-16-13-27(25-20(16)19)12-15-5-4-6-17(23)11-15/h4-6,11,13H,7-10,12H2,1-3H3,(H,24,28). The summed E-state index contributed by atoms with van der Waals surface area (Å²) in [6, 6.07) is 7.80. The van der Waals surface area contributed by atoms with E-state index in [2.05, 4.69) is 11.5 Å². The second kappa shape index (κ2) is 8.05. The summed E-state index contributed by atoms with van der Waals surface area (Å²) in [5.41, 5.74) is 5.03. The maximum atomic E-state index is 12.6. The van der Waals surface area contributed by atoms with Crippen molar-refractivity contribution in [2.75, 3.05) is 27.2 Å². The van der Waals surface area contributed by atoms with E-state index in [4.69, 9.17) is 21.1 Å². The number of carbonyl (C=O) groups excluding carboxylic acids is 1. The molecule has 4 rings (SSSR count). The van der Waals surface area contributed by atoms with Crippen LogP contribution >= 0.6 is 11.6 Å². The van der Waals surface area contributed by atoms with E-state index in [1.54, 1.807) is 0 Å². The fourth-order valence-electron chi connectivity index (χ4n) is 3.76. The predicted octanol–water partition coefficient (Wildman–Crippen LogP) is 3.54. The zero-order valence-electron chi connectivity index (χ0n) is 17.0. The minimum atomic E-state index is -0.168. The lowest BCUT2D eigenvalue weighted by molar-refractivity contribution is 0.0920. The predicted molar refractivity (Wildman–Crippen MR) is 114 cm³/mol. The Balaban J connectivity index is 1.59. The van der Waals surface area contributed by atoms with Gasteiger partial charge in [-0.25, -0.2) is 0 Å². The van der Waals surface area contributed by atoms with Gasteiger partial charge in [0.1, 0.15) is 5.76 Å². The van der Waals surface area contributed by atoms with E-state index >= 15 is 0 Å². The van der Waals surface area contributed by atoms with Crippen LogP contribution in [0.5, 0.6) is 0 Å². The van der Waals surface area contributed by atoms with Crippen LogP contribution in [0.25, 0.3) is 11.3 Å². The van der Waals surface area contributed by atoms with Gasteiger partial charge in [0.2, 0.25) is 0 Å². The maximum absolute atomic E-state index is 12.6. The Morgan fingerprint density at radius 1 is 1.34 bits per heavy atom. The second-order valence-electron chi connectivity index (χ2n) is 7.74. The number of fused-ring (bicyclic) bond motifs is 3. The molecule has 0 fully saturated rings. The first-order valence-corrected chi connectivity index (χ1v) is 10.2. The third-order valence-corrected chi connectivity index (χ3v) is 5.43. The topological polar surface area (TPSA) is 63.3 Å². The number of furan rings is 1. The number of halogens is 1. The third-order valence-electron chi connectivity index (χ3n) is 5.20. The lowest BCUT2D eigenvalue weighted by Crippen LogP contribution is -2.31. The van der Waals surface area contributed by atoms with E-state index in [1.807, 2.05) is 54.9 Å². The molecule has 1 amide bonds. The van der Waals surface area contributed by atoms with Crippen molar-refractivity contribution in [2.45, 2.75) is 26.3 Å². The van der Waals surface area contributed by atoms with Crippen LogP contribution in [0.15, 0.2) is 34.9 Å². The van der Waals surface area contributed by atoms with Crippen molar-refractivity contribution < 1.29 is 9.21 Å². The van der Waals surface area contributed by atoms with Gasteiger partial charge in [-0.05, 0) is 50.7 Å². The molecule has 1 aliphatic rings. The van der Waals surface area contributed by atoms with Gasteiger partial charge < -0.3 is 14.6 Å². The Bertz CT molecular complexity index is 1050. The number of aryl methyl sites for hydroxylation is 2. The van der Waals surface area contributed by atoms with Gasteiger partial charge in [-0.15, -0.1) is 0 Å². The number of nitrogens with zero attached hydrogens (tertiary/aromatic N) is 3. The quantitative estimate of drug-likeness (QED) is 0.672. The summed E-state index contributed by atoms with van der Waals surface area (Å²) in [7, 11) is 3.95. The summed E-state index contributed by atoms with van der Waals surface area (Å²) in [5, 5.41) is 8.47. The van der Waals surface area contributed by atoms with Crippen molar-refractivity contribution in [2.24, 2.45) is 0 Å². The number of aromatic nitrogens is 2. The number of nitrogens with one attached hydrogen (secondary N) is 1. The molecule has 2 aromatic heterocycles. The average Bonchev–Trinajstić information content (AvgIpc) is 3.21. The molecule has 0 aliphatic heterocycles. The molecular weight excluding hydrogens is 388 g/mol. The molecular formula is C22H25ClN4O2. The van der Waals surface area contributed by atoms with Crippen molar-refractivity contribution in [3.05, 3.63) is 63.7 Å². The SMILES string of the molecule is Cc1c(C(=O)NCCN(C)C)oc2c1-c1nn(Cc3cccc(Cl)c3)cc1CC2. The van der Waals surface area contributed by atoms with Crippen LogP contribution in [-0.2, 0) is 19.4 Å². The minimum absolute atomic E-state index is 0.168. The lowest BCUT2D eigenvalue weighted by atomic mass is 9.93. The highest BCUT2D eigenvalue weighted by atomic mass is 35.5. The van der Waals surface area contributed by atoms with Gasteiger partial charge in [-0.1, -0.05) is 23.7 Å². The monoisotopic (exact) mass is 412 g/mol. The Kier molecular flexibility index (Phi) is 5.48. The molecule has 152 valence electrons. The fourth-order valence-corrected chi connectivity index (χ4v) is 3.97. The van der Waals surface area contributed by atoms with E-state index in [0.717, 1.165) is 52.6 Å². The van der Waals surface area contributed by atoms with Crippen LogP contribution in [0, 0.1) is 6.92 Å². The summed E-state index contributed by atoms with van der Waals surface area (Å²) in [4.78, 5) is 14.6. The number of benzene rings is 1. The molecule has 3 aromatic rings. The van der Waals surface area contributed by atoms with Crippen LogP contribution < -0.4 is 5.32 Å². The van der Waals surface area contributed by atoms with Crippen molar-refractivity contribution in [1.29, 1.82) is 0 Å². The number of likely N-dealkylation sites (N-methyl/N-ethyl adjacent to an activating group) is 1. The molecule has 0 bridgehead atoms. The highest BCUT2D eigenvalue weighted by molar-refractivity contribution is 6.30. The summed E-state index contributed by atoms with van der Waals surface area (Å²) in [6.45, 7) is 3.95. The molecule has 0 atom stereocenters. The van der Waals surface area contributed by atoms with Crippen molar-refractivity contribution in [3.8, 4) is 11.3 Å². The summed E-state index contributed by atoms with van der Waals surface area (Å²) in [5.74, 6) is 1.07. The highest BCUT2D eigenvalue weighted by Crippen LogP contribution is 2.38. The zero-order chi connectivity index (χ0) is 20.5. The Morgan fingerprint density at radius 2 is 2.17 bits per heavy atom. The molecule has 0 saturated carbocycles. The van der Waals surface area contributed by atoms with Gasteiger partial charge in [-0.3, -0.25) is 9.48 Å². The van der Waals surface area contributed by atoms with Crippen molar-refractivity contribution in [1.82, 2.24) is 20.0 Å². The van der Waals surface area contributed by atoms with Crippen LogP contribution in [-0.4, -0.2) is 47.8 Å². The number of rotatable bonds is 6. The first kappa shape index (κ1) is 19.7. The molecule has 0 radical (unpaired) electrons. The Hall–Kier alpha value is -2.57. The van der Waals surface area contributed by atoms with E-state index in [9.17, 15) is 4.79 Å². The largest absolute Gasteiger partial charge is 0.455 e. The first-order valence-electron chi connectivity index (χ1n) is 9.78. The van der Waals surface area contributed by atoms with Gasteiger partial charge in [-0.2, -0.15) is 5.10 Å². The maximum Gasteiger partial charge on any atom is 0.287 e. The molecule has 0 spiro atoms. The van der Waals surface area contributed by atoms with E-state index in [-0.39, 0.29) is 5.91 Å². The molecule has 2 heterocycles. The minimum Gasteiger partial charge on any atom is -0.455 e. The molecule has 7 heteroatoms. The molecule has 0 unspecified atom stereocenters. The van der Waals surface area contributed by atoms with E-state index in [0.29, 0.717) is 18.8 Å². The third kappa shape index (κ3) is 4.09. The van der Waals surface area contributed by atoms with E-state index in [1.165, 1.54) is 5.56 Å². The van der Waals surface area contributed by atoms with Gasteiger partial charge in [0.05, 0.1) is 12.2 Å². The van der Waals surface area contributed by atoms with E-state index < -0.39 is 0 Å². The lowest BCUT2D eigenvalue weighted by Gasteiger charge is -2.09. The molecule has 29 heavy (non-hydrogen) atoms. The number of hydrogen-bond donors (Lipinski definition) is 1. The highest BCUT2D eigenvalue weighted by Gasteiger charge is 2.29. The molecule has 6 nitrogen and oxygen atoms in total. The summed E-state index contributed by atoms with van der Waals surface area (Å²) < 4.78 is 7.90.